The number of urea groups is 1. The molecule has 1 aliphatic rings. The Kier molecular flexibility index (Phi) is 7.74. The first-order valence-electron chi connectivity index (χ1n) is 10.4. The van der Waals surface area contributed by atoms with Crippen LogP contribution in [0.3, 0.4) is 0 Å². The van der Waals surface area contributed by atoms with E-state index in [2.05, 4.69) is 25.9 Å². The van der Waals surface area contributed by atoms with Crippen molar-refractivity contribution in [2.45, 2.75) is 32.2 Å². The molecular formula is C21H29N7O3. The Labute approximate surface area is 180 Å². The highest BCUT2D eigenvalue weighted by atomic mass is 16.2. The molecule has 1 fully saturated rings. The molecule has 0 aliphatic carbocycles. The first-order valence-corrected chi connectivity index (χ1v) is 10.4. The van der Waals surface area contributed by atoms with Crippen LogP contribution in [0.4, 0.5) is 16.4 Å². The summed E-state index contributed by atoms with van der Waals surface area (Å²) < 4.78 is 0. The summed E-state index contributed by atoms with van der Waals surface area (Å²) in [5.74, 6) is -0.106. The molecule has 166 valence electrons. The van der Waals surface area contributed by atoms with E-state index in [0.29, 0.717) is 25.3 Å². The summed E-state index contributed by atoms with van der Waals surface area (Å²) in [6.07, 6.45) is 3.16. The lowest BCUT2D eigenvalue weighted by molar-refractivity contribution is -0.129. The molecule has 0 unspecified atom stereocenters. The SMILES string of the molecule is Cc1ccccc1NC(=O)Nc1nc(=O)c(CC(=O)N2CC[C@H](NCCCN)C2)c[nH]1. The molecule has 0 radical (unpaired) electrons. The van der Waals surface area contributed by atoms with Gasteiger partial charge in [0.25, 0.3) is 5.56 Å². The van der Waals surface area contributed by atoms with Crippen molar-refractivity contribution in [2.24, 2.45) is 5.73 Å². The molecule has 6 N–H and O–H groups in total. The molecule has 3 rings (SSSR count). The lowest BCUT2D eigenvalue weighted by Gasteiger charge is -2.17. The van der Waals surface area contributed by atoms with Crippen LogP contribution in [0.2, 0.25) is 0 Å². The topological polar surface area (TPSA) is 145 Å². The molecule has 1 atom stereocenters. The summed E-state index contributed by atoms with van der Waals surface area (Å²) in [5.41, 5.74) is 6.78. The van der Waals surface area contributed by atoms with Crippen LogP contribution in [0.15, 0.2) is 35.3 Å². The lowest BCUT2D eigenvalue weighted by Crippen LogP contribution is -2.37. The molecule has 1 aromatic heterocycles. The van der Waals surface area contributed by atoms with Crippen LogP contribution in [0, 0.1) is 6.92 Å². The fraction of sp³-hybridized carbons (Fsp3) is 0.429. The smallest absolute Gasteiger partial charge is 0.326 e. The number of aromatic amines is 1. The molecule has 2 aromatic rings. The Morgan fingerprint density at radius 1 is 1.29 bits per heavy atom. The zero-order valence-electron chi connectivity index (χ0n) is 17.6. The van der Waals surface area contributed by atoms with Gasteiger partial charge < -0.3 is 26.3 Å². The second kappa shape index (κ2) is 10.7. The number of aryl methyl sites for hydroxylation is 1. The van der Waals surface area contributed by atoms with Gasteiger partial charge >= 0.3 is 6.03 Å². The number of nitrogens with two attached hydrogens (primary N) is 1. The van der Waals surface area contributed by atoms with Crippen molar-refractivity contribution in [3.8, 4) is 0 Å². The fourth-order valence-electron chi connectivity index (χ4n) is 3.42. The molecule has 1 saturated heterocycles. The van der Waals surface area contributed by atoms with Crippen molar-refractivity contribution >= 4 is 23.6 Å². The Balaban J connectivity index is 1.52. The molecule has 1 aromatic carbocycles. The van der Waals surface area contributed by atoms with E-state index >= 15 is 0 Å². The van der Waals surface area contributed by atoms with E-state index in [4.69, 9.17) is 5.73 Å². The van der Waals surface area contributed by atoms with Gasteiger partial charge in [-0.3, -0.25) is 14.9 Å². The minimum Gasteiger partial charge on any atom is -0.341 e. The number of H-pyrrole nitrogens is 1. The number of carbonyl (C=O) groups is 2. The maximum atomic E-state index is 12.6. The molecule has 1 aliphatic heterocycles. The Bertz CT molecular complexity index is 975. The molecule has 2 heterocycles. The van der Waals surface area contributed by atoms with Crippen molar-refractivity contribution in [1.82, 2.24) is 20.2 Å². The molecule has 0 saturated carbocycles. The average molecular weight is 428 g/mol. The van der Waals surface area contributed by atoms with Gasteiger partial charge in [0.1, 0.15) is 0 Å². The summed E-state index contributed by atoms with van der Waals surface area (Å²) >= 11 is 0. The van der Waals surface area contributed by atoms with Crippen LogP contribution in [-0.4, -0.2) is 59.0 Å². The van der Waals surface area contributed by atoms with Crippen molar-refractivity contribution < 1.29 is 9.59 Å². The van der Waals surface area contributed by atoms with Gasteiger partial charge in [-0.05, 0) is 44.5 Å². The number of nitrogens with one attached hydrogen (secondary N) is 4. The average Bonchev–Trinajstić information content (AvgIpc) is 3.21. The molecule has 31 heavy (non-hydrogen) atoms. The Morgan fingerprint density at radius 3 is 2.84 bits per heavy atom. The van der Waals surface area contributed by atoms with Crippen LogP contribution in [0.1, 0.15) is 24.0 Å². The summed E-state index contributed by atoms with van der Waals surface area (Å²) in [5, 5.41) is 8.58. The zero-order chi connectivity index (χ0) is 22.2. The van der Waals surface area contributed by atoms with Crippen LogP contribution in [0.5, 0.6) is 0 Å². The standard InChI is InChI=1S/C21H29N7O3/c1-14-5-2-3-6-17(14)25-21(31)27-20-24-12-15(19(30)26-20)11-18(29)28-10-7-16(13-28)23-9-4-8-22/h2-3,5-6,12,16,23H,4,7-11,13,22H2,1H3,(H3,24,25,26,27,30,31)/t16-/m0/s1. The highest BCUT2D eigenvalue weighted by Crippen LogP contribution is 2.13. The number of hydrogen-bond acceptors (Lipinski definition) is 6. The molecule has 3 amide bonds. The number of carbonyl (C=O) groups excluding carboxylic acids is 2. The number of benzene rings is 1. The normalized spacial score (nSPS) is 15.7. The molecule has 0 bridgehead atoms. The largest absolute Gasteiger partial charge is 0.341 e. The van der Waals surface area contributed by atoms with Gasteiger partial charge in [-0.2, -0.15) is 4.98 Å². The number of para-hydroxylation sites is 1. The summed E-state index contributed by atoms with van der Waals surface area (Å²) in [6, 6.07) is 7.07. The summed E-state index contributed by atoms with van der Waals surface area (Å²) in [7, 11) is 0. The van der Waals surface area contributed by atoms with E-state index in [1.54, 1.807) is 11.0 Å². The van der Waals surface area contributed by atoms with E-state index < -0.39 is 11.6 Å². The Hall–Kier alpha value is -3.24. The van der Waals surface area contributed by atoms with Crippen molar-refractivity contribution in [1.29, 1.82) is 0 Å². The third kappa shape index (κ3) is 6.37. The number of amides is 3. The van der Waals surface area contributed by atoms with Gasteiger partial charge in [-0.15, -0.1) is 0 Å². The summed E-state index contributed by atoms with van der Waals surface area (Å²) in [4.78, 5) is 45.4. The van der Waals surface area contributed by atoms with Gasteiger partial charge in [-0.1, -0.05) is 18.2 Å². The highest BCUT2D eigenvalue weighted by molar-refractivity contribution is 5.99. The first-order chi connectivity index (χ1) is 15.0. The van der Waals surface area contributed by atoms with Gasteiger partial charge in [0.05, 0.1) is 6.42 Å². The van der Waals surface area contributed by atoms with Crippen molar-refractivity contribution in [3.63, 3.8) is 0 Å². The van der Waals surface area contributed by atoms with Crippen LogP contribution >= 0.6 is 0 Å². The van der Waals surface area contributed by atoms with E-state index in [1.807, 2.05) is 25.1 Å². The second-order valence-corrected chi connectivity index (χ2v) is 7.57. The second-order valence-electron chi connectivity index (χ2n) is 7.57. The predicted molar refractivity (Wildman–Crippen MR) is 119 cm³/mol. The number of anilines is 2. The van der Waals surface area contributed by atoms with Crippen molar-refractivity contribution in [3.05, 3.63) is 51.9 Å². The number of rotatable bonds is 8. The van der Waals surface area contributed by atoms with Gasteiger partial charge in [-0.25, -0.2) is 4.79 Å². The predicted octanol–water partition coefficient (Wildman–Crippen LogP) is 0.804. The highest BCUT2D eigenvalue weighted by Gasteiger charge is 2.26. The molecular weight excluding hydrogens is 398 g/mol. The number of nitrogens with zero attached hydrogens (tertiary/aromatic N) is 2. The zero-order valence-corrected chi connectivity index (χ0v) is 17.6. The quantitative estimate of drug-likeness (QED) is 0.394. The van der Waals surface area contributed by atoms with E-state index in [9.17, 15) is 14.4 Å². The van der Waals surface area contributed by atoms with E-state index in [1.165, 1.54) is 6.20 Å². The van der Waals surface area contributed by atoms with E-state index in [-0.39, 0.29) is 29.9 Å². The minimum atomic E-state index is -0.546. The summed E-state index contributed by atoms with van der Waals surface area (Å²) in [6.45, 7) is 4.62. The van der Waals surface area contributed by atoms with Crippen molar-refractivity contribution in [2.75, 3.05) is 36.8 Å². The van der Waals surface area contributed by atoms with Gasteiger partial charge in [0.2, 0.25) is 11.9 Å². The first kappa shape index (κ1) is 22.4. The minimum absolute atomic E-state index is 0.0117. The number of likely N-dealkylation sites (tertiary alicyclic amines) is 1. The van der Waals surface area contributed by atoms with Gasteiger partial charge in [0, 0.05) is 36.6 Å². The lowest BCUT2D eigenvalue weighted by atomic mass is 10.2. The maximum Gasteiger partial charge on any atom is 0.326 e. The fourth-order valence-corrected chi connectivity index (χ4v) is 3.42. The number of aromatic nitrogens is 2. The monoisotopic (exact) mass is 427 g/mol. The maximum absolute atomic E-state index is 12.6. The molecule has 0 spiro atoms. The molecule has 10 nitrogen and oxygen atoms in total. The van der Waals surface area contributed by atoms with Gasteiger partial charge in [0.15, 0.2) is 0 Å². The number of hydrogen-bond donors (Lipinski definition) is 5. The van der Waals surface area contributed by atoms with Crippen LogP contribution in [0.25, 0.3) is 0 Å². The third-order valence-electron chi connectivity index (χ3n) is 5.19. The van der Waals surface area contributed by atoms with Crippen LogP contribution < -0.4 is 27.2 Å². The van der Waals surface area contributed by atoms with Crippen LogP contribution in [-0.2, 0) is 11.2 Å². The van der Waals surface area contributed by atoms with E-state index in [0.717, 1.165) is 24.9 Å². The Morgan fingerprint density at radius 2 is 2.10 bits per heavy atom. The third-order valence-corrected chi connectivity index (χ3v) is 5.19. The molecule has 10 heteroatoms.